The number of carbonyl (C=O) groups is 1. The molecular formula is C21H25N3O. The highest BCUT2D eigenvalue weighted by atomic mass is 16.2. The van der Waals surface area contributed by atoms with Gasteiger partial charge in [0.2, 0.25) is 5.91 Å². The second-order valence-electron chi connectivity index (χ2n) is 7.13. The zero-order chi connectivity index (χ0) is 17.2. The van der Waals surface area contributed by atoms with Crippen LogP contribution < -0.4 is 4.90 Å². The number of benzene rings is 2. The van der Waals surface area contributed by atoms with Gasteiger partial charge in [0.25, 0.3) is 0 Å². The Labute approximate surface area is 149 Å². The van der Waals surface area contributed by atoms with Crippen LogP contribution in [0.4, 0.5) is 5.69 Å². The monoisotopic (exact) mass is 335 g/mol. The Balaban J connectivity index is 1.60. The summed E-state index contributed by atoms with van der Waals surface area (Å²) in [7, 11) is 2.14. The van der Waals surface area contributed by atoms with Gasteiger partial charge >= 0.3 is 0 Å². The third-order valence-electron chi connectivity index (χ3n) is 5.37. The van der Waals surface area contributed by atoms with Gasteiger partial charge in [0.05, 0.1) is 13.1 Å². The van der Waals surface area contributed by atoms with Crippen molar-refractivity contribution in [1.82, 2.24) is 9.80 Å². The number of anilines is 1. The van der Waals surface area contributed by atoms with Crippen molar-refractivity contribution < 1.29 is 4.79 Å². The smallest absolute Gasteiger partial charge is 0.241 e. The van der Waals surface area contributed by atoms with Crippen LogP contribution in [0.1, 0.15) is 16.7 Å². The molecule has 2 aliphatic heterocycles. The lowest BCUT2D eigenvalue weighted by atomic mass is 10.0. The van der Waals surface area contributed by atoms with E-state index in [-0.39, 0.29) is 5.91 Å². The number of rotatable bonds is 2. The summed E-state index contributed by atoms with van der Waals surface area (Å²) in [5, 5.41) is 0. The first-order chi connectivity index (χ1) is 12.2. The van der Waals surface area contributed by atoms with E-state index in [4.69, 9.17) is 0 Å². The van der Waals surface area contributed by atoms with Gasteiger partial charge in [-0.3, -0.25) is 9.69 Å². The Kier molecular flexibility index (Phi) is 4.55. The van der Waals surface area contributed by atoms with Gasteiger partial charge in [-0.2, -0.15) is 0 Å². The van der Waals surface area contributed by atoms with Crippen LogP contribution in [0.5, 0.6) is 0 Å². The molecule has 0 atom stereocenters. The van der Waals surface area contributed by atoms with Gasteiger partial charge in [-0.05, 0) is 36.2 Å². The molecule has 4 nitrogen and oxygen atoms in total. The average molecular weight is 335 g/mol. The Morgan fingerprint density at radius 1 is 0.880 bits per heavy atom. The van der Waals surface area contributed by atoms with Crippen LogP contribution in [-0.2, 0) is 17.8 Å². The zero-order valence-corrected chi connectivity index (χ0v) is 14.8. The van der Waals surface area contributed by atoms with Crippen molar-refractivity contribution in [3.63, 3.8) is 0 Å². The van der Waals surface area contributed by atoms with Gasteiger partial charge in [-0.25, -0.2) is 0 Å². The maximum atomic E-state index is 13.1. The third kappa shape index (κ3) is 3.46. The van der Waals surface area contributed by atoms with Crippen molar-refractivity contribution in [2.75, 3.05) is 44.7 Å². The topological polar surface area (TPSA) is 26.8 Å². The molecule has 2 aliphatic rings. The lowest BCUT2D eigenvalue weighted by molar-refractivity contribution is -0.120. The second kappa shape index (κ2) is 6.98. The van der Waals surface area contributed by atoms with Gasteiger partial charge in [0.15, 0.2) is 0 Å². The van der Waals surface area contributed by atoms with Crippen molar-refractivity contribution >= 4 is 11.6 Å². The molecule has 0 bridgehead atoms. The highest BCUT2D eigenvalue weighted by molar-refractivity contribution is 5.96. The number of nitrogens with zero attached hydrogens (tertiary/aromatic N) is 3. The highest BCUT2D eigenvalue weighted by Gasteiger charge is 2.26. The fraction of sp³-hybridized carbons (Fsp3) is 0.381. The van der Waals surface area contributed by atoms with E-state index in [9.17, 15) is 4.79 Å². The Hall–Kier alpha value is -2.17. The van der Waals surface area contributed by atoms with Crippen molar-refractivity contribution in [2.45, 2.75) is 13.0 Å². The number of para-hydroxylation sites is 1. The van der Waals surface area contributed by atoms with E-state index in [0.29, 0.717) is 13.1 Å². The first kappa shape index (κ1) is 16.3. The van der Waals surface area contributed by atoms with Crippen LogP contribution in [0, 0.1) is 0 Å². The number of likely N-dealkylation sites (N-methyl/N-ethyl adjacent to an activating group) is 1. The van der Waals surface area contributed by atoms with Gasteiger partial charge in [0, 0.05) is 31.9 Å². The first-order valence-electron chi connectivity index (χ1n) is 9.06. The van der Waals surface area contributed by atoms with Crippen molar-refractivity contribution in [3.05, 3.63) is 65.2 Å². The van der Waals surface area contributed by atoms with Gasteiger partial charge in [-0.15, -0.1) is 0 Å². The molecule has 1 fully saturated rings. The molecule has 0 aromatic heterocycles. The predicted molar refractivity (Wildman–Crippen MR) is 101 cm³/mol. The Bertz CT molecular complexity index is 765. The van der Waals surface area contributed by atoms with Crippen LogP contribution in [0.3, 0.4) is 0 Å². The molecule has 0 unspecified atom stereocenters. The molecule has 1 saturated heterocycles. The minimum absolute atomic E-state index is 0.203. The van der Waals surface area contributed by atoms with Crippen LogP contribution in [0.25, 0.3) is 0 Å². The van der Waals surface area contributed by atoms with Crippen molar-refractivity contribution in [3.8, 4) is 0 Å². The maximum absolute atomic E-state index is 13.1. The molecule has 2 aromatic rings. The first-order valence-corrected chi connectivity index (χ1v) is 9.06. The minimum Gasteiger partial charge on any atom is -0.307 e. The summed E-state index contributed by atoms with van der Waals surface area (Å²) in [6.45, 7) is 5.17. The number of hydrogen-bond acceptors (Lipinski definition) is 3. The number of hydrogen-bond donors (Lipinski definition) is 0. The van der Waals surface area contributed by atoms with Gasteiger partial charge < -0.3 is 9.80 Å². The largest absolute Gasteiger partial charge is 0.307 e. The molecule has 2 aromatic carbocycles. The molecule has 0 N–H and O–H groups in total. The summed E-state index contributed by atoms with van der Waals surface area (Å²) in [6.07, 6.45) is 0.893. The number of amides is 1. The van der Waals surface area contributed by atoms with Crippen LogP contribution >= 0.6 is 0 Å². The molecule has 25 heavy (non-hydrogen) atoms. The van der Waals surface area contributed by atoms with Crippen LogP contribution in [0.2, 0.25) is 0 Å². The summed E-state index contributed by atoms with van der Waals surface area (Å²) >= 11 is 0. The zero-order valence-electron chi connectivity index (χ0n) is 14.8. The third-order valence-corrected chi connectivity index (χ3v) is 5.37. The Morgan fingerprint density at radius 3 is 2.28 bits per heavy atom. The number of carbonyl (C=O) groups excluding carboxylic acids is 1. The predicted octanol–water partition coefficient (Wildman–Crippen LogP) is 2.37. The summed E-state index contributed by atoms with van der Waals surface area (Å²) in [4.78, 5) is 19.7. The van der Waals surface area contributed by atoms with E-state index in [0.717, 1.165) is 38.3 Å². The molecule has 0 radical (unpaired) electrons. The molecule has 4 heteroatoms. The molecule has 0 saturated carbocycles. The normalized spacial score (nSPS) is 18.4. The standard InChI is InChI=1S/C21H25N3O/c1-22-10-12-23(13-11-22)16-21(25)24-15-19-8-3-2-6-17(19)14-18-7-4-5-9-20(18)24/h2-9H,10-16H2,1H3. The summed E-state index contributed by atoms with van der Waals surface area (Å²) in [5.41, 5.74) is 4.88. The fourth-order valence-corrected chi connectivity index (χ4v) is 3.77. The van der Waals surface area contributed by atoms with E-state index in [2.05, 4.69) is 59.3 Å². The molecule has 1 amide bonds. The summed E-state index contributed by atoms with van der Waals surface area (Å²) in [6, 6.07) is 16.8. The molecule has 0 aliphatic carbocycles. The molecular weight excluding hydrogens is 310 g/mol. The van der Waals surface area contributed by atoms with E-state index in [1.165, 1.54) is 16.7 Å². The molecule has 2 heterocycles. The quantitative estimate of drug-likeness (QED) is 0.843. The lowest BCUT2D eigenvalue weighted by Gasteiger charge is -2.33. The average Bonchev–Trinajstić information content (AvgIpc) is 2.80. The van der Waals surface area contributed by atoms with Crippen LogP contribution in [0.15, 0.2) is 48.5 Å². The highest BCUT2D eigenvalue weighted by Crippen LogP contribution is 2.30. The maximum Gasteiger partial charge on any atom is 0.241 e. The molecule has 130 valence electrons. The minimum atomic E-state index is 0.203. The van der Waals surface area contributed by atoms with Crippen molar-refractivity contribution in [2.24, 2.45) is 0 Å². The lowest BCUT2D eigenvalue weighted by Crippen LogP contribution is -2.48. The summed E-state index contributed by atoms with van der Waals surface area (Å²) in [5.74, 6) is 0.203. The van der Waals surface area contributed by atoms with E-state index >= 15 is 0 Å². The van der Waals surface area contributed by atoms with Crippen LogP contribution in [-0.4, -0.2) is 55.5 Å². The SMILES string of the molecule is CN1CCN(CC(=O)N2Cc3ccccc3Cc3ccccc32)CC1. The van der Waals surface area contributed by atoms with Crippen molar-refractivity contribution in [1.29, 1.82) is 0 Å². The number of fused-ring (bicyclic) bond motifs is 2. The Morgan fingerprint density at radius 2 is 1.52 bits per heavy atom. The van der Waals surface area contributed by atoms with E-state index in [1.54, 1.807) is 0 Å². The van der Waals surface area contributed by atoms with E-state index in [1.807, 2.05) is 11.0 Å². The molecule has 0 spiro atoms. The number of piperazine rings is 1. The second-order valence-corrected chi connectivity index (χ2v) is 7.13. The van der Waals surface area contributed by atoms with Gasteiger partial charge in [-0.1, -0.05) is 42.5 Å². The molecule has 4 rings (SSSR count). The summed E-state index contributed by atoms with van der Waals surface area (Å²) < 4.78 is 0. The fourth-order valence-electron chi connectivity index (χ4n) is 3.77. The van der Waals surface area contributed by atoms with E-state index < -0.39 is 0 Å². The van der Waals surface area contributed by atoms with Gasteiger partial charge in [0.1, 0.15) is 0 Å².